The smallest absolute Gasteiger partial charge is 0.270 e. The van der Waals surface area contributed by atoms with Crippen LogP contribution in [0.2, 0.25) is 0 Å². The van der Waals surface area contributed by atoms with Gasteiger partial charge in [-0.2, -0.15) is 0 Å². The molecule has 0 saturated heterocycles. The minimum absolute atomic E-state index is 0.0302. The summed E-state index contributed by atoms with van der Waals surface area (Å²) in [6.07, 6.45) is 0. The summed E-state index contributed by atoms with van der Waals surface area (Å²) in [6.45, 7) is 2.78. The second kappa shape index (κ2) is 6.93. The minimum Gasteiger partial charge on any atom is -0.493 e. The van der Waals surface area contributed by atoms with Gasteiger partial charge in [0.15, 0.2) is 0 Å². The van der Waals surface area contributed by atoms with Gasteiger partial charge >= 0.3 is 0 Å². The van der Waals surface area contributed by atoms with Gasteiger partial charge in [-0.25, -0.2) is 0 Å². The van der Waals surface area contributed by atoms with E-state index in [0.717, 1.165) is 5.56 Å². The van der Waals surface area contributed by atoms with Crippen LogP contribution >= 0.6 is 0 Å². The molecule has 1 aromatic carbocycles. The van der Waals surface area contributed by atoms with E-state index in [0.29, 0.717) is 18.9 Å². The molecule has 6 heteroatoms. The van der Waals surface area contributed by atoms with Crippen LogP contribution in [0.15, 0.2) is 18.2 Å². The summed E-state index contributed by atoms with van der Waals surface area (Å²) in [6, 6.07) is 4.50. The molecular formula is C12H18N2O4. The number of non-ortho nitro benzene ring substituents is 1. The van der Waals surface area contributed by atoms with E-state index in [2.05, 4.69) is 5.32 Å². The highest BCUT2D eigenvalue weighted by atomic mass is 16.6. The standard InChI is InChI=1S/C12H18N2O4/c1-9(7-15)8-18-12-4-3-11(14(16)17)5-10(12)6-13-2/h3-5,9,13,15H,6-8H2,1-2H3. The number of hydrogen-bond acceptors (Lipinski definition) is 5. The highest BCUT2D eigenvalue weighted by molar-refractivity contribution is 5.43. The molecule has 18 heavy (non-hydrogen) atoms. The third-order valence-corrected chi connectivity index (χ3v) is 2.46. The Morgan fingerprint density at radius 1 is 1.56 bits per heavy atom. The average molecular weight is 254 g/mol. The Bertz CT molecular complexity index is 409. The molecule has 6 nitrogen and oxygen atoms in total. The van der Waals surface area contributed by atoms with E-state index < -0.39 is 4.92 Å². The Kier molecular flexibility index (Phi) is 5.54. The molecule has 0 aliphatic carbocycles. The highest BCUT2D eigenvalue weighted by Crippen LogP contribution is 2.24. The van der Waals surface area contributed by atoms with Crippen molar-refractivity contribution in [1.29, 1.82) is 0 Å². The summed E-state index contributed by atoms with van der Waals surface area (Å²) in [5, 5.41) is 22.6. The lowest BCUT2D eigenvalue weighted by Crippen LogP contribution is -2.14. The van der Waals surface area contributed by atoms with Gasteiger partial charge in [-0.3, -0.25) is 10.1 Å². The van der Waals surface area contributed by atoms with Crippen molar-refractivity contribution in [1.82, 2.24) is 5.32 Å². The van der Waals surface area contributed by atoms with Gasteiger partial charge in [-0.15, -0.1) is 0 Å². The minimum atomic E-state index is -0.431. The normalized spacial score (nSPS) is 12.2. The molecule has 1 unspecified atom stereocenters. The molecule has 0 heterocycles. The Hall–Kier alpha value is -1.66. The van der Waals surface area contributed by atoms with Crippen LogP contribution in [0, 0.1) is 16.0 Å². The Morgan fingerprint density at radius 2 is 2.28 bits per heavy atom. The zero-order valence-corrected chi connectivity index (χ0v) is 10.5. The van der Waals surface area contributed by atoms with Gasteiger partial charge in [0.2, 0.25) is 0 Å². The molecule has 1 rings (SSSR count). The molecule has 0 spiro atoms. The van der Waals surface area contributed by atoms with Crippen LogP contribution in [0.1, 0.15) is 12.5 Å². The number of nitro benzene ring substituents is 1. The number of benzene rings is 1. The van der Waals surface area contributed by atoms with Crippen molar-refractivity contribution < 1.29 is 14.8 Å². The number of nitro groups is 1. The summed E-state index contributed by atoms with van der Waals surface area (Å²) in [5.41, 5.74) is 0.777. The fourth-order valence-corrected chi connectivity index (χ4v) is 1.43. The number of aliphatic hydroxyl groups excluding tert-OH is 1. The van der Waals surface area contributed by atoms with Gasteiger partial charge < -0.3 is 15.2 Å². The first-order valence-corrected chi connectivity index (χ1v) is 5.74. The quantitative estimate of drug-likeness (QED) is 0.566. The van der Waals surface area contributed by atoms with Crippen LogP contribution in [0.25, 0.3) is 0 Å². The van der Waals surface area contributed by atoms with Crippen molar-refractivity contribution >= 4 is 5.69 Å². The molecule has 0 aliphatic heterocycles. The fraction of sp³-hybridized carbons (Fsp3) is 0.500. The average Bonchev–Trinajstić information content (AvgIpc) is 2.36. The van der Waals surface area contributed by atoms with Crippen molar-refractivity contribution in [2.75, 3.05) is 20.3 Å². The maximum atomic E-state index is 10.7. The van der Waals surface area contributed by atoms with Gasteiger partial charge in [0.25, 0.3) is 5.69 Å². The third kappa shape index (κ3) is 3.97. The molecule has 0 fully saturated rings. The van der Waals surface area contributed by atoms with E-state index in [9.17, 15) is 10.1 Å². The van der Waals surface area contributed by atoms with Crippen LogP contribution in [-0.2, 0) is 6.54 Å². The van der Waals surface area contributed by atoms with E-state index in [1.807, 2.05) is 6.92 Å². The van der Waals surface area contributed by atoms with Gasteiger partial charge in [-0.05, 0) is 13.1 Å². The van der Waals surface area contributed by atoms with Crippen LogP contribution in [-0.4, -0.2) is 30.3 Å². The topological polar surface area (TPSA) is 84.6 Å². The summed E-state index contributed by atoms with van der Waals surface area (Å²) >= 11 is 0. The first kappa shape index (κ1) is 14.4. The first-order chi connectivity index (χ1) is 8.58. The van der Waals surface area contributed by atoms with Crippen molar-refractivity contribution in [3.05, 3.63) is 33.9 Å². The predicted molar refractivity (Wildman–Crippen MR) is 67.6 cm³/mol. The second-order valence-electron chi connectivity index (χ2n) is 4.18. The van der Waals surface area contributed by atoms with Crippen LogP contribution in [0.4, 0.5) is 5.69 Å². The monoisotopic (exact) mass is 254 g/mol. The van der Waals surface area contributed by atoms with Gasteiger partial charge in [0.1, 0.15) is 5.75 Å². The lowest BCUT2D eigenvalue weighted by Gasteiger charge is -2.13. The molecule has 100 valence electrons. The molecule has 0 aliphatic rings. The predicted octanol–water partition coefficient (Wildman–Crippen LogP) is 1.32. The summed E-state index contributed by atoms with van der Waals surface area (Å²) in [7, 11) is 1.76. The van der Waals surface area contributed by atoms with Crippen LogP contribution in [0.3, 0.4) is 0 Å². The zero-order chi connectivity index (χ0) is 13.5. The number of nitrogens with one attached hydrogen (secondary N) is 1. The molecule has 1 aromatic rings. The molecule has 0 bridgehead atoms. The van der Waals surface area contributed by atoms with E-state index >= 15 is 0 Å². The number of nitrogens with zero attached hydrogens (tertiary/aromatic N) is 1. The van der Waals surface area contributed by atoms with E-state index in [1.165, 1.54) is 12.1 Å². The maximum absolute atomic E-state index is 10.7. The van der Waals surface area contributed by atoms with Crippen molar-refractivity contribution in [2.24, 2.45) is 5.92 Å². The Labute approximate surface area is 106 Å². The lowest BCUT2D eigenvalue weighted by molar-refractivity contribution is -0.384. The SMILES string of the molecule is CNCc1cc([N+](=O)[O-])ccc1OCC(C)CO. The van der Waals surface area contributed by atoms with Crippen LogP contribution < -0.4 is 10.1 Å². The summed E-state index contributed by atoms with van der Waals surface area (Å²) in [4.78, 5) is 10.3. The molecule has 0 saturated carbocycles. The number of rotatable bonds is 7. The van der Waals surface area contributed by atoms with Crippen molar-refractivity contribution in [3.8, 4) is 5.75 Å². The molecule has 0 radical (unpaired) electrons. The van der Waals surface area contributed by atoms with Gasteiger partial charge in [0, 0.05) is 36.8 Å². The van der Waals surface area contributed by atoms with Crippen molar-refractivity contribution in [2.45, 2.75) is 13.5 Å². The highest BCUT2D eigenvalue weighted by Gasteiger charge is 2.12. The second-order valence-corrected chi connectivity index (χ2v) is 4.18. The molecular weight excluding hydrogens is 236 g/mol. The van der Waals surface area contributed by atoms with E-state index in [4.69, 9.17) is 9.84 Å². The largest absolute Gasteiger partial charge is 0.493 e. The molecule has 0 aromatic heterocycles. The summed E-state index contributed by atoms with van der Waals surface area (Å²) < 4.78 is 5.55. The third-order valence-electron chi connectivity index (χ3n) is 2.46. The molecule has 1 atom stereocenters. The molecule has 2 N–H and O–H groups in total. The Balaban J connectivity index is 2.85. The number of ether oxygens (including phenoxy) is 1. The first-order valence-electron chi connectivity index (χ1n) is 5.74. The lowest BCUT2D eigenvalue weighted by atomic mass is 10.1. The maximum Gasteiger partial charge on any atom is 0.270 e. The fourth-order valence-electron chi connectivity index (χ4n) is 1.43. The van der Waals surface area contributed by atoms with Gasteiger partial charge in [0.05, 0.1) is 11.5 Å². The van der Waals surface area contributed by atoms with Gasteiger partial charge in [-0.1, -0.05) is 6.92 Å². The number of aliphatic hydroxyl groups is 1. The zero-order valence-electron chi connectivity index (χ0n) is 10.5. The summed E-state index contributed by atoms with van der Waals surface area (Å²) in [5.74, 6) is 0.637. The van der Waals surface area contributed by atoms with E-state index in [1.54, 1.807) is 13.1 Å². The van der Waals surface area contributed by atoms with Crippen LogP contribution in [0.5, 0.6) is 5.75 Å². The molecule has 0 amide bonds. The van der Waals surface area contributed by atoms with E-state index in [-0.39, 0.29) is 18.2 Å². The van der Waals surface area contributed by atoms with Crippen molar-refractivity contribution in [3.63, 3.8) is 0 Å². The Morgan fingerprint density at radius 3 is 2.83 bits per heavy atom. The number of hydrogen-bond donors (Lipinski definition) is 2.